The summed E-state index contributed by atoms with van der Waals surface area (Å²) < 4.78 is 10.9. The molecule has 27 heteroatoms. The number of aromatic nitrogens is 12. The van der Waals surface area contributed by atoms with Crippen molar-refractivity contribution in [1.29, 1.82) is 0 Å². The van der Waals surface area contributed by atoms with Crippen molar-refractivity contribution in [2.75, 3.05) is 11.9 Å². The topological polar surface area (TPSA) is 320 Å². The minimum absolute atomic E-state index is 0. The summed E-state index contributed by atoms with van der Waals surface area (Å²) in [6.07, 6.45) is 17.4. The summed E-state index contributed by atoms with van der Waals surface area (Å²) in [5.41, 5.74) is 12.0. The summed E-state index contributed by atoms with van der Waals surface area (Å²) in [7, 11) is 0. The van der Waals surface area contributed by atoms with E-state index < -0.39 is 41.4 Å². The van der Waals surface area contributed by atoms with Gasteiger partial charge in [0.05, 0.1) is 120 Å². The Morgan fingerprint density at radius 2 is 0.682 bits per heavy atom. The Balaban J connectivity index is 0.000000134. The first-order chi connectivity index (χ1) is 53.3. The number of aliphatic carboxylic acids is 1. The number of imide groups is 3. The minimum Gasteiger partial charge on any atom is -0.481 e. The molecule has 0 aliphatic carbocycles. The maximum Gasteiger partial charge on any atom is 0.305 e. The van der Waals surface area contributed by atoms with Gasteiger partial charge in [-0.05, 0) is 79.2 Å². The predicted molar refractivity (Wildman–Crippen MR) is 420 cm³/mol. The van der Waals surface area contributed by atoms with E-state index in [9.17, 15) is 43.5 Å². The van der Waals surface area contributed by atoms with E-state index in [0.29, 0.717) is 76.2 Å². The molecular formula is C83H65Cl2N15O10. The highest BCUT2D eigenvalue weighted by Gasteiger charge is 2.40. The molecule has 0 saturated carbocycles. The van der Waals surface area contributed by atoms with Crippen LogP contribution in [0.1, 0.15) is 60.5 Å². The molecule has 3 aliphatic rings. The highest BCUT2D eigenvalue weighted by atomic mass is 35.5. The van der Waals surface area contributed by atoms with Crippen LogP contribution in [0.4, 0.5) is 0 Å². The van der Waals surface area contributed by atoms with Gasteiger partial charge in [0, 0.05) is 112 Å². The fraction of sp³-hybridized carbons (Fsp3) is 0.108. The van der Waals surface area contributed by atoms with Gasteiger partial charge in [0.2, 0.25) is 0 Å². The highest BCUT2D eigenvalue weighted by Crippen LogP contribution is 2.43. The normalized spacial score (nSPS) is 13.4. The van der Waals surface area contributed by atoms with Crippen LogP contribution in [0.3, 0.4) is 0 Å². The van der Waals surface area contributed by atoms with Gasteiger partial charge in [0.1, 0.15) is 23.4 Å². The van der Waals surface area contributed by atoms with Crippen LogP contribution in [0.2, 0.25) is 0 Å². The van der Waals surface area contributed by atoms with E-state index in [1.165, 1.54) is 0 Å². The lowest BCUT2D eigenvalue weighted by Gasteiger charge is -2.03. The third-order valence-electron chi connectivity index (χ3n) is 18.7. The van der Waals surface area contributed by atoms with Crippen LogP contribution in [-0.2, 0) is 58.0 Å². The van der Waals surface area contributed by atoms with Crippen molar-refractivity contribution >= 4 is 170 Å². The van der Waals surface area contributed by atoms with Gasteiger partial charge in [0.15, 0.2) is 0 Å². The van der Waals surface area contributed by atoms with E-state index in [2.05, 4.69) is 41.1 Å². The zero-order valence-electron chi connectivity index (χ0n) is 57.5. The number of fused-ring (bicyclic) bond motifs is 6. The van der Waals surface area contributed by atoms with Gasteiger partial charge in [-0.2, -0.15) is 15.3 Å². The molecule has 0 atom stereocenters. The molecule has 25 nitrogen and oxygen atoms in total. The lowest BCUT2D eigenvalue weighted by atomic mass is 9.97. The van der Waals surface area contributed by atoms with E-state index in [4.69, 9.17) is 33.4 Å². The fourth-order valence-electron chi connectivity index (χ4n) is 14.1. The van der Waals surface area contributed by atoms with Crippen molar-refractivity contribution < 1.29 is 48.6 Å². The summed E-state index contributed by atoms with van der Waals surface area (Å²) in [6.45, 7) is 1.04. The van der Waals surface area contributed by atoms with Crippen molar-refractivity contribution in [3.05, 3.63) is 272 Å². The first-order valence-electron chi connectivity index (χ1n) is 34.4. The molecule has 0 unspecified atom stereocenters. The number of hydrogen-bond acceptors (Lipinski definition) is 15. The maximum atomic E-state index is 13.2. The Hall–Kier alpha value is -13.9. The zero-order valence-corrected chi connectivity index (χ0v) is 59.0. The van der Waals surface area contributed by atoms with Gasteiger partial charge in [-0.1, -0.05) is 117 Å². The van der Waals surface area contributed by atoms with Crippen LogP contribution in [0.5, 0.6) is 0 Å². The van der Waals surface area contributed by atoms with E-state index in [1.807, 2.05) is 214 Å². The summed E-state index contributed by atoms with van der Waals surface area (Å²) in [4.78, 5) is 114. The first kappa shape index (κ1) is 73.0. The van der Waals surface area contributed by atoms with Gasteiger partial charge in [-0.15, -0.1) is 23.2 Å². The number of rotatable bonds is 18. The van der Waals surface area contributed by atoms with Gasteiger partial charge >= 0.3 is 5.97 Å². The summed E-state index contributed by atoms with van der Waals surface area (Å²) in [6, 6.07) is 56.8. The molecule has 0 spiro atoms. The van der Waals surface area contributed by atoms with Crippen LogP contribution in [0.15, 0.2) is 238 Å². The number of carbonyl (C=O) groups excluding carboxylic acids is 7. The number of carboxylic acids is 1. The molecule has 12 heterocycles. The van der Waals surface area contributed by atoms with Crippen LogP contribution in [0, 0.1) is 0 Å². The van der Waals surface area contributed by atoms with Crippen LogP contribution >= 0.6 is 23.2 Å². The molecule has 0 radical (unpaired) electrons. The number of nitrogens with zero attached hydrogens (tertiary/aromatic N) is 12. The summed E-state index contributed by atoms with van der Waals surface area (Å²) >= 11 is 9.53. The van der Waals surface area contributed by atoms with E-state index in [1.54, 1.807) is 51.2 Å². The standard InChI is InChI=1S/C27H19N5O4.C27H21N5O3.C27H19N5O3.CH2Cl2.CH4/c33-22(34)11-13-32-21-10-4-2-8-18(21)25(30-32)24-23(26(35)29-27(24)36)19-15-31(16-6-5-12-28-14-16)20-9-3-1-7-17(19)20;2*33-14-6-13-32-22-11-4-2-9-19(22)25(30-32)24-23(26(34)29-27(24)35)20-16-31(17-7-5-12-28-15-17)21-10-3-1-8-18(20)21;2-1-3;/h1-10,12,14-15H,11,13H2,(H,33,34)(H,29,35,36);1-5,7-12,15-16,33H,6,13-14H2,(H,29,34,35);1-5,7-12,14-16H,6,13H2,(H,29,34,35);1H2;1H4. The number of aliphatic hydroxyl groups is 1. The lowest BCUT2D eigenvalue weighted by molar-refractivity contribution is -0.137. The van der Waals surface area contributed by atoms with Gasteiger partial charge in [0.25, 0.3) is 35.4 Å². The molecule has 15 aromatic rings. The monoisotopic (exact) mass is 1500 g/mol. The number of carboxylic acid groups (broad SMARTS) is 1. The van der Waals surface area contributed by atoms with E-state index in [-0.39, 0.29) is 60.2 Å². The molecule has 546 valence electrons. The van der Waals surface area contributed by atoms with E-state index in [0.717, 1.165) is 77.9 Å². The number of pyridine rings is 3. The zero-order chi connectivity index (χ0) is 75.4. The predicted octanol–water partition coefficient (Wildman–Crippen LogP) is 12.3. The first-order valence-corrected chi connectivity index (χ1v) is 35.4. The highest BCUT2D eigenvalue weighted by molar-refractivity contribution is 6.52. The molecule has 110 heavy (non-hydrogen) atoms. The largest absolute Gasteiger partial charge is 0.481 e. The lowest BCUT2D eigenvalue weighted by Crippen LogP contribution is -2.22. The van der Waals surface area contributed by atoms with Gasteiger partial charge < -0.3 is 28.7 Å². The Labute approximate surface area is 635 Å². The van der Waals surface area contributed by atoms with Crippen LogP contribution < -0.4 is 16.0 Å². The molecule has 3 aliphatic heterocycles. The number of hydrogen-bond donors (Lipinski definition) is 5. The second-order valence-electron chi connectivity index (χ2n) is 25.1. The number of benzene rings is 6. The number of aryl methyl sites for hydroxylation is 3. The number of nitrogens with one attached hydrogen (secondary N) is 3. The van der Waals surface area contributed by atoms with Gasteiger partial charge in [-0.3, -0.25) is 78.5 Å². The van der Waals surface area contributed by atoms with Crippen molar-refractivity contribution in [1.82, 2.24) is 73.9 Å². The number of aldehydes is 1. The molecule has 0 fully saturated rings. The molecular weight excluding hydrogens is 1440 g/mol. The SMILES string of the molecule is C.ClCCl.O=C(O)CCn1nc(C2=C(c3cn(-c4cccnc4)c4ccccc34)C(=O)NC2=O)c2ccccc21.O=C1NC(=O)C(c2nn(CCCO)c3ccccc23)=C1c1cn(-c2cccnc2)c2ccccc12.O=CCCn1nc(C2=C(c3cn(-c4cccnc4)c4ccccc34)C(=O)NC2=O)c2ccccc21. The number of carbonyl (C=O) groups is 8. The number of para-hydroxylation sites is 6. The minimum atomic E-state index is -0.951. The molecule has 0 saturated heterocycles. The second kappa shape index (κ2) is 31.7. The molecule has 9 aromatic heterocycles. The third kappa shape index (κ3) is 13.6. The summed E-state index contributed by atoms with van der Waals surface area (Å²) in [5.74, 6) is -3.88. The second-order valence-corrected chi connectivity index (χ2v) is 25.9. The Morgan fingerprint density at radius 1 is 0.391 bits per heavy atom. The Kier molecular flexibility index (Phi) is 21.0. The van der Waals surface area contributed by atoms with Crippen LogP contribution in [-0.4, -0.2) is 128 Å². The summed E-state index contributed by atoms with van der Waals surface area (Å²) in [5, 5.41) is 44.7. The van der Waals surface area contributed by atoms with Crippen molar-refractivity contribution in [3.8, 4) is 17.1 Å². The fourth-order valence-corrected chi connectivity index (χ4v) is 14.1. The number of aliphatic hydroxyl groups excluding tert-OH is 1. The Bertz CT molecular complexity index is 6290. The van der Waals surface area contributed by atoms with Crippen LogP contribution in [0.25, 0.3) is 116 Å². The van der Waals surface area contributed by atoms with Gasteiger partial charge in [-0.25, -0.2) is 0 Å². The number of halogens is 2. The quantitative estimate of drug-likeness (QED) is 0.0303. The maximum absolute atomic E-state index is 13.2. The molecule has 6 amide bonds. The average molecular weight is 1500 g/mol. The third-order valence-corrected chi connectivity index (χ3v) is 18.7. The molecule has 6 aromatic carbocycles. The number of amides is 6. The smallest absolute Gasteiger partial charge is 0.305 e. The van der Waals surface area contributed by atoms with Crippen molar-refractivity contribution in [2.45, 2.75) is 46.3 Å². The average Bonchev–Trinajstić information content (AvgIpc) is 1.59. The number of alkyl halides is 2. The molecule has 18 rings (SSSR count). The Morgan fingerprint density at radius 3 is 0.982 bits per heavy atom. The molecule has 0 bridgehead atoms. The van der Waals surface area contributed by atoms with E-state index >= 15 is 0 Å². The molecule has 5 N–H and O–H groups in total. The van der Waals surface area contributed by atoms with Crippen molar-refractivity contribution in [2.24, 2.45) is 0 Å². The van der Waals surface area contributed by atoms with Crippen molar-refractivity contribution in [3.63, 3.8) is 0 Å².